The van der Waals surface area contributed by atoms with E-state index in [0.717, 1.165) is 28.4 Å². The minimum atomic E-state index is -0.481. The van der Waals surface area contributed by atoms with Gasteiger partial charge in [-0.05, 0) is 80.1 Å². The van der Waals surface area contributed by atoms with E-state index in [1.807, 2.05) is 6.26 Å². The topological polar surface area (TPSA) is 78.5 Å². The predicted molar refractivity (Wildman–Crippen MR) is 101 cm³/mol. The van der Waals surface area contributed by atoms with E-state index in [-0.39, 0.29) is 23.8 Å². The zero-order chi connectivity index (χ0) is 18.3. The third-order valence-electron chi connectivity index (χ3n) is 6.84. The van der Waals surface area contributed by atoms with Crippen molar-refractivity contribution in [3.05, 3.63) is 0 Å². The van der Waals surface area contributed by atoms with Crippen molar-refractivity contribution in [2.75, 3.05) is 25.1 Å². The Morgan fingerprint density at radius 1 is 1.19 bits per heavy atom. The Balaban J connectivity index is 1.29. The summed E-state index contributed by atoms with van der Waals surface area (Å²) in [7, 11) is 0. The molecule has 26 heavy (non-hydrogen) atoms. The van der Waals surface area contributed by atoms with Crippen LogP contribution in [0.1, 0.15) is 44.9 Å². The van der Waals surface area contributed by atoms with E-state index in [2.05, 4.69) is 10.6 Å². The van der Waals surface area contributed by atoms with E-state index in [9.17, 15) is 14.4 Å². The van der Waals surface area contributed by atoms with Gasteiger partial charge < -0.3 is 10.6 Å². The summed E-state index contributed by atoms with van der Waals surface area (Å²) in [6, 6.07) is -0.919. The lowest BCUT2D eigenvalue weighted by Crippen LogP contribution is -2.52. The number of imide groups is 1. The molecule has 144 valence electrons. The Kier molecular flexibility index (Phi) is 4.92. The maximum atomic E-state index is 12.4. The van der Waals surface area contributed by atoms with Crippen LogP contribution in [0.2, 0.25) is 0 Å². The van der Waals surface area contributed by atoms with Gasteiger partial charge in [0.05, 0.1) is 0 Å². The van der Waals surface area contributed by atoms with E-state index >= 15 is 0 Å². The quantitative estimate of drug-likeness (QED) is 0.663. The molecule has 1 atom stereocenters. The molecule has 1 aliphatic heterocycles. The Morgan fingerprint density at radius 2 is 1.81 bits per heavy atom. The molecule has 5 aliphatic rings. The van der Waals surface area contributed by atoms with E-state index in [4.69, 9.17) is 0 Å². The molecule has 4 saturated carbocycles. The minimum Gasteiger partial charge on any atom is -0.354 e. The molecule has 7 heteroatoms. The Bertz CT molecular complexity index is 574. The van der Waals surface area contributed by atoms with E-state index in [0.29, 0.717) is 13.0 Å². The highest BCUT2D eigenvalue weighted by Gasteiger charge is 2.50. The van der Waals surface area contributed by atoms with Crippen molar-refractivity contribution in [1.29, 1.82) is 0 Å². The zero-order valence-corrected chi connectivity index (χ0v) is 16.3. The van der Waals surface area contributed by atoms with Crippen LogP contribution in [-0.4, -0.2) is 53.9 Å². The highest BCUT2D eigenvalue weighted by Crippen LogP contribution is 2.59. The predicted octanol–water partition coefficient (Wildman–Crippen LogP) is 1.99. The van der Waals surface area contributed by atoms with Crippen LogP contribution in [0.25, 0.3) is 0 Å². The molecule has 1 saturated heterocycles. The summed E-state index contributed by atoms with van der Waals surface area (Å²) < 4.78 is 0. The van der Waals surface area contributed by atoms with Crippen LogP contribution >= 0.6 is 11.8 Å². The third-order valence-corrected chi connectivity index (χ3v) is 7.49. The second-order valence-corrected chi connectivity index (χ2v) is 9.89. The monoisotopic (exact) mass is 379 g/mol. The first-order chi connectivity index (χ1) is 12.5. The molecule has 4 aliphatic carbocycles. The highest BCUT2D eigenvalue weighted by molar-refractivity contribution is 7.98. The summed E-state index contributed by atoms with van der Waals surface area (Å²) >= 11 is 1.64. The van der Waals surface area contributed by atoms with Gasteiger partial charge in [-0.15, -0.1) is 0 Å². The molecule has 0 unspecified atom stereocenters. The van der Waals surface area contributed by atoms with Crippen molar-refractivity contribution in [2.24, 2.45) is 23.2 Å². The molecule has 6 nitrogen and oxygen atoms in total. The molecule has 0 aromatic carbocycles. The van der Waals surface area contributed by atoms with Crippen molar-refractivity contribution in [2.45, 2.75) is 51.0 Å². The van der Waals surface area contributed by atoms with Gasteiger partial charge in [0.1, 0.15) is 12.6 Å². The van der Waals surface area contributed by atoms with Gasteiger partial charge in [0, 0.05) is 6.54 Å². The fraction of sp³-hybridized carbons (Fsp3) is 0.842. The Labute approximate surface area is 159 Å². The number of carbonyl (C=O) groups excluding carboxylic acids is 3. The number of hydrogen-bond donors (Lipinski definition) is 2. The first-order valence-electron chi connectivity index (χ1n) is 9.85. The molecular formula is C19H29N3O3S. The number of nitrogens with zero attached hydrogens (tertiary/aromatic N) is 1. The summed E-state index contributed by atoms with van der Waals surface area (Å²) in [5.74, 6) is 2.87. The van der Waals surface area contributed by atoms with Gasteiger partial charge in [-0.3, -0.25) is 14.5 Å². The normalized spacial score (nSPS) is 38.0. The second-order valence-electron chi connectivity index (χ2n) is 8.90. The van der Waals surface area contributed by atoms with E-state index in [1.165, 1.54) is 38.5 Å². The number of rotatable bonds is 7. The van der Waals surface area contributed by atoms with Crippen LogP contribution < -0.4 is 10.6 Å². The maximum absolute atomic E-state index is 12.4. The first-order valence-corrected chi connectivity index (χ1v) is 11.2. The van der Waals surface area contributed by atoms with Crippen LogP contribution in [0, 0.1) is 23.2 Å². The third kappa shape index (κ3) is 3.47. The van der Waals surface area contributed by atoms with Crippen molar-refractivity contribution in [1.82, 2.24) is 15.5 Å². The molecule has 0 aromatic rings. The SMILES string of the molecule is CSCC[C@@H]1NC(=O)N(CC(=O)NCC23CC4CC(CC(C4)C2)C3)C1=O. The standard InChI is InChI=1S/C19H29N3O3S/c1-26-3-2-15-17(24)22(18(25)21-15)10-16(23)20-11-19-7-12-4-13(8-19)6-14(5-12)9-19/h12-15H,2-11H2,1H3,(H,20,23)(H,21,25)/t12?,13?,14?,15-,19?/m0/s1. The van der Waals surface area contributed by atoms with Crippen molar-refractivity contribution in [3.8, 4) is 0 Å². The number of hydrogen-bond acceptors (Lipinski definition) is 4. The smallest absolute Gasteiger partial charge is 0.325 e. The number of amides is 4. The van der Waals surface area contributed by atoms with Gasteiger partial charge in [-0.2, -0.15) is 11.8 Å². The molecule has 0 aromatic heterocycles. The maximum Gasteiger partial charge on any atom is 0.325 e. The highest BCUT2D eigenvalue weighted by atomic mass is 32.2. The summed E-state index contributed by atoms with van der Waals surface area (Å²) in [4.78, 5) is 37.8. The summed E-state index contributed by atoms with van der Waals surface area (Å²) in [5, 5.41) is 5.74. The van der Waals surface area contributed by atoms with Crippen LogP contribution in [0.5, 0.6) is 0 Å². The lowest BCUT2D eigenvalue weighted by Gasteiger charge is -2.56. The Morgan fingerprint density at radius 3 is 2.38 bits per heavy atom. The van der Waals surface area contributed by atoms with E-state index < -0.39 is 12.1 Å². The second kappa shape index (κ2) is 7.06. The molecule has 4 amide bonds. The molecule has 0 spiro atoms. The molecule has 5 rings (SSSR count). The van der Waals surface area contributed by atoms with Crippen LogP contribution in [-0.2, 0) is 9.59 Å². The van der Waals surface area contributed by atoms with Gasteiger partial charge in [0.25, 0.3) is 5.91 Å². The number of carbonyl (C=O) groups is 3. The minimum absolute atomic E-state index is 0.160. The zero-order valence-electron chi connectivity index (χ0n) is 15.5. The van der Waals surface area contributed by atoms with Crippen molar-refractivity contribution in [3.63, 3.8) is 0 Å². The molecule has 1 heterocycles. The molecule has 0 radical (unpaired) electrons. The van der Waals surface area contributed by atoms with Gasteiger partial charge in [-0.25, -0.2) is 4.79 Å². The summed E-state index contributed by atoms with van der Waals surface area (Å²) in [6.07, 6.45) is 10.4. The largest absolute Gasteiger partial charge is 0.354 e. The number of nitrogens with one attached hydrogen (secondary N) is 2. The summed E-state index contributed by atoms with van der Waals surface area (Å²) in [6.45, 7) is 0.543. The lowest BCUT2D eigenvalue weighted by atomic mass is 9.49. The molecule has 4 bridgehead atoms. The molecular weight excluding hydrogens is 350 g/mol. The van der Waals surface area contributed by atoms with Crippen molar-refractivity contribution < 1.29 is 14.4 Å². The van der Waals surface area contributed by atoms with Gasteiger partial charge in [0.15, 0.2) is 0 Å². The summed E-state index contributed by atoms with van der Waals surface area (Å²) in [5.41, 5.74) is 0.266. The van der Waals surface area contributed by atoms with Gasteiger partial charge in [0.2, 0.25) is 5.91 Å². The van der Waals surface area contributed by atoms with Crippen LogP contribution in [0.3, 0.4) is 0 Å². The van der Waals surface area contributed by atoms with Crippen molar-refractivity contribution >= 4 is 29.6 Å². The molecule has 2 N–H and O–H groups in total. The average Bonchev–Trinajstić information content (AvgIpc) is 2.85. The van der Waals surface area contributed by atoms with Crippen LogP contribution in [0.4, 0.5) is 4.79 Å². The average molecular weight is 380 g/mol. The number of thioether (sulfide) groups is 1. The van der Waals surface area contributed by atoms with E-state index in [1.54, 1.807) is 11.8 Å². The lowest BCUT2D eigenvalue weighted by molar-refractivity contribution is -0.132. The van der Waals surface area contributed by atoms with Gasteiger partial charge in [-0.1, -0.05) is 0 Å². The molecule has 5 fully saturated rings. The van der Waals surface area contributed by atoms with Gasteiger partial charge >= 0.3 is 6.03 Å². The number of urea groups is 1. The first kappa shape index (κ1) is 18.1. The fourth-order valence-electron chi connectivity index (χ4n) is 6.15. The fourth-order valence-corrected chi connectivity index (χ4v) is 6.62. The Hall–Kier alpha value is -1.24. The van der Waals surface area contributed by atoms with Crippen LogP contribution in [0.15, 0.2) is 0 Å².